The van der Waals surface area contributed by atoms with Crippen LogP contribution < -0.4 is 14.9 Å². The summed E-state index contributed by atoms with van der Waals surface area (Å²) in [4.78, 5) is 12.9. The van der Waals surface area contributed by atoms with Crippen molar-refractivity contribution in [2.24, 2.45) is 0 Å². The number of rotatable bonds is 6. The maximum atomic E-state index is 12.9. The van der Waals surface area contributed by atoms with Gasteiger partial charge in [0.25, 0.3) is 0 Å². The molecule has 0 amide bonds. The predicted molar refractivity (Wildman–Crippen MR) is 133 cm³/mol. The largest absolute Gasteiger partial charge is 0.508 e. The van der Waals surface area contributed by atoms with Crippen LogP contribution in [0.5, 0.6) is 23.0 Å². The van der Waals surface area contributed by atoms with Crippen molar-refractivity contribution in [1.29, 1.82) is 0 Å². The average molecular weight is 564 g/mol. The fourth-order valence-corrected chi connectivity index (χ4v) is 4.51. The number of phenols is 2. The fourth-order valence-electron chi connectivity index (χ4n) is 4.51. The van der Waals surface area contributed by atoms with Crippen molar-refractivity contribution in [2.75, 3.05) is 20.3 Å². The summed E-state index contributed by atoms with van der Waals surface area (Å²) in [5, 5.41) is 71.0. The van der Waals surface area contributed by atoms with Crippen molar-refractivity contribution in [3.63, 3.8) is 0 Å². The SMILES string of the molecule is COc1c(O[C@H]2OC[C@H](O)[C@H](O)[C@@H]2O[C@@H]2OC[C@H](O)[C@@H](O)[C@H]2O)cc2oc(-c3ccc(O)cc3)cc(=O)c2c1O. The molecule has 14 nitrogen and oxygen atoms in total. The second-order valence-electron chi connectivity index (χ2n) is 9.38. The summed E-state index contributed by atoms with van der Waals surface area (Å²) in [5.41, 5.74) is -0.223. The van der Waals surface area contributed by atoms with Gasteiger partial charge in [-0.05, 0) is 24.3 Å². The molecule has 14 heteroatoms. The van der Waals surface area contributed by atoms with E-state index in [9.17, 15) is 40.5 Å². The molecular weight excluding hydrogens is 536 g/mol. The summed E-state index contributed by atoms with van der Waals surface area (Å²) < 4.78 is 33.4. The maximum Gasteiger partial charge on any atom is 0.229 e. The smallest absolute Gasteiger partial charge is 0.229 e. The topological polar surface area (TPSA) is 218 Å². The summed E-state index contributed by atoms with van der Waals surface area (Å²) in [6, 6.07) is 8.30. The quantitative estimate of drug-likeness (QED) is 0.194. The maximum absolute atomic E-state index is 12.9. The highest BCUT2D eigenvalue weighted by Crippen LogP contribution is 2.43. The number of phenolic OH excluding ortho intramolecular Hbond substituents is 2. The van der Waals surface area contributed by atoms with E-state index < -0.39 is 60.4 Å². The molecule has 5 rings (SSSR count). The average Bonchev–Trinajstić information content (AvgIpc) is 2.92. The molecule has 2 saturated heterocycles. The normalized spacial score (nSPS) is 30.8. The van der Waals surface area contributed by atoms with Gasteiger partial charge in [0.1, 0.15) is 53.0 Å². The van der Waals surface area contributed by atoms with Gasteiger partial charge >= 0.3 is 0 Å². The van der Waals surface area contributed by atoms with Gasteiger partial charge in [-0.3, -0.25) is 4.79 Å². The molecule has 0 spiro atoms. The lowest BCUT2D eigenvalue weighted by Crippen LogP contribution is -2.61. The molecule has 3 aromatic rings. The van der Waals surface area contributed by atoms with Crippen LogP contribution in [0.4, 0.5) is 0 Å². The minimum Gasteiger partial charge on any atom is -0.508 e. The highest BCUT2D eigenvalue weighted by Gasteiger charge is 2.47. The number of methoxy groups -OCH3 is 1. The van der Waals surface area contributed by atoms with Gasteiger partial charge in [-0.2, -0.15) is 0 Å². The van der Waals surface area contributed by atoms with Crippen molar-refractivity contribution in [2.45, 2.75) is 49.2 Å². The Hall–Kier alpha value is -3.47. The Morgan fingerprint density at radius 1 is 0.850 bits per heavy atom. The lowest BCUT2D eigenvalue weighted by Gasteiger charge is -2.42. The summed E-state index contributed by atoms with van der Waals surface area (Å²) in [6.45, 7) is -0.765. The van der Waals surface area contributed by atoms with Crippen LogP contribution in [-0.4, -0.2) is 105 Å². The van der Waals surface area contributed by atoms with Gasteiger partial charge < -0.3 is 63.8 Å². The van der Waals surface area contributed by atoms with E-state index in [-0.39, 0.29) is 47.2 Å². The Morgan fingerprint density at radius 2 is 1.50 bits per heavy atom. The molecule has 40 heavy (non-hydrogen) atoms. The zero-order valence-corrected chi connectivity index (χ0v) is 21.0. The van der Waals surface area contributed by atoms with Crippen molar-refractivity contribution in [3.05, 3.63) is 46.6 Å². The van der Waals surface area contributed by atoms with Crippen LogP contribution in [0.25, 0.3) is 22.3 Å². The van der Waals surface area contributed by atoms with E-state index in [1.54, 1.807) is 0 Å². The van der Waals surface area contributed by atoms with Crippen LogP contribution in [0, 0.1) is 0 Å². The Labute approximate surface area is 225 Å². The van der Waals surface area contributed by atoms with Gasteiger partial charge in [0, 0.05) is 17.7 Å². The molecular formula is C26H28O14. The van der Waals surface area contributed by atoms with E-state index >= 15 is 0 Å². The number of benzene rings is 2. The van der Waals surface area contributed by atoms with Crippen molar-refractivity contribution < 1.29 is 63.8 Å². The molecule has 2 aliphatic rings. The van der Waals surface area contributed by atoms with Crippen molar-refractivity contribution in [3.8, 4) is 34.3 Å². The Bertz CT molecular complexity index is 1410. The Kier molecular flexibility index (Phi) is 7.85. The number of aliphatic hydroxyl groups excluding tert-OH is 5. The van der Waals surface area contributed by atoms with E-state index in [2.05, 4.69) is 0 Å². The first-order chi connectivity index (χ1) is 19.1. The van der Waals surface area contributed by atoms with Crippen LogP contribution in [0.1, 0.15) is 0 Å². The number of aromatic hydroxyl groups is 2. The molecule has 0 saturated carbocycles. The standard InChI is InChI=1S/C26H28O14/c1-35-23-17(7-16-18(21(23)33)12(28)6-15(38-16)10-2-4-11(27)5-3-10)39-26-24(20(32)14(30)9-37-26)40-25-22(34)19(31)13(29)8-36-25/h2-7,13-14,19-20,22,24-27,29-34H,8-9H2,1H3/t13-,14-,19+,20-,22+,24-,25-,26+/m0/s1. The molecule has 3 heterocycles. The van der Waals surface area contributed by atoms with Crippen molar-refractivity contribution in [1.82, 2.24) is 0 Å². The molecule has 216 valence electrons. The zero-order valence-electron chi connectivity index (χ0n) is 21.0. The first-order valence-corrected chi connectivity index (χ1v) is 12.2. The van der Waals surface area contributed by atoms with E-state index in [0.717, 1.165) is 0 Å². The highest BCUT2D eigenvalue weighted by molar-refractivity contribution is 5.89. The fraction of sp³-hybridized carbons (Fsp3) is 0.423. The lowest BCUT2D eigenvalue weighted by atomic mass is 10.0. The minimum absolute atomic E-state index is 0.0124. The van der Waals surface area contributed by atoms with Gasteiger partial charge in [0.2, 0.25) is 12.0 Å². The van der Waals surface area contributed by atoms with Crippen LogP contribution in [0.2, 0.25) is 0 Å². The third kappa shape index (κ3) is 5.18. The zero-order chi connectivity index (χ0) is 28.7. The van der Waals surface area contributed by atoms with E-state index in [1.807, 2.05) is 0 Å². The second kappa shape index (κ2) is 11.2. The second-order valence-corrected chi connectivity index (χ2v) is 9.38. The Balaban J connectivity index is 1.50. The molecule has 8 atom stereocenters. The molecule has 2 aliphatic heterocycles. The van der Waals surface area contributed by atoms with Gasteiger partial charge in [-0.1, -0.05) is 0 Å². The molecule has 2 aromatic carbocycles. The molecule has 1 aromatic heterocycles. The molecule has 7 N–H and O–H groups in total. The molecule has 0 unspecified atom stereocenters. The first-order valence-electron chi connectivity index (χ1n) is 12.2. The summed E-state index contributed by atoms with van der Waals surface area (Å²) in [5.74, 6) is -0.920. The number of ether oxygens (including phenoxy) is 5. The summed E-state index contributed by atoms with van der Waals surface area (Å²) in [7, 11) is 1.22. The number of fused-ring (bicyclic) bond motifs is 1. The minimum atomic E-state index is -1.71. The van der Waals surface area contributed by atoms with Crippen molar-refractivity contribution >= 4 is 11.0 Å². The Morgan fingerprint density at radius 3 is 2.17 bits per heavy atom. The van der Waals surface area contributed by atoms with E-state index in [1.165, 1.54) is 43.5 Å². The lowest BCUT2D eigenvalue weighted by molar-refractivity contribution is -0.332. The molecule has 0 aliphatic carbocycles. The number of hydrogen-bond acceptors (Lipinski definition) is 14. The highest BCUT2D eigenvalue weighted by atomic mass is 16.7. The van der Waals surface area contributed by atoms with Gasteiger partial charge in [-0.15, -0.1) is 0 Å². The van der Waals surface area contributed by atoms with Crippen LogP contribution >= 0.6 is 0 Å². The van der Waals surface area contributed by atoms with Crippen LogP contribution in [-0.2, 0) is 14.2 Å². The van der Waals surface area contributed by atoms with Gasteiger partial charge in [0.05, 0.1) is 20.3 Å². The van der Waals surface area contributed by atoms with E-state index in [0.29, 0.717) is 5.56 Å². The summed E-state index contributed by atoms with van der Waals surface area (Å²) >= 11 is 0. The van der Waals surface area contributed by atoms with Crippen LogP contribution in [0.3, 0.4) is 0 Å². The molecule has 2 fully saturated rings. The summed E-state index contributed by atoms with van der Waals surface area (Å²) in [6.07, 6.45) is -12.2. The first kappa shape index (κ1) is 28.1. The van der Waals surface area contributed by atoms with Crippen LogP contribution in [0.15, 0.2) is 45.6 Å². The predicted octanol–water partition coefficient (Wildman–Crippen LogP) is -0.839. The molecule has 0 radical (unpaired) electrons. The third-order valence-electron chi connectivity index (χ3n) is 6.69. The number of hydrogen-bond donors (Lipinski definition) is 7. The number of aliphatic hydroxyl groups is 5. The van der Waals surface area contributed by atoms with E-state index in [4.69, 9.17) is 28.1 Å². The monoisotopic (exact) mass is 564 g/mol. The van der Waals surface area contributed by atoms with Gasteiger partial charge in [0.15, 0.2) is 29.3 Å². The van der Waals surface area contributed by atoms with Gasteiger partial charge in [-0.25, -0.2) is 0 Å². The third-order valence-corrected chi connectivity index (χ3v) is 6.69. The molecule has 0 bridgehead atoms.